The average Bonchev–Trinajstić information content (AvgIpc) is 2.95. The lowest BCUT2D eigenvalue weighted by atomic mass is 10.2. The first-order chi connectivity index (χ1) is 10.8. The topological polar surface area (TPSA) is 59.9 Å². The van der Waals surface area contributed by atoms with E-state index in [4.69, 9.17) is 4.74 Å². The third-order valence-electron chi connectivity index (χ3n) is 3.76. The molecule has 0 fully saturated rings. The molecular formula is C17H13N3O2. The molecule has 4 rings (SSSR count). The molecule has 22 heavy (non-hydrogen) atoms. The Morgan fingerprint density at radius 1 is 1.09 bits per heavy atom. The third-order valence-corrected chi connectivity index (χ3v) is 3.76. The first-order valence-electron chi connectivity index (χ1n) is 6.91. The molecule has 0 radical (unpaired) electrons. The highest BCUT2D eigenvalue weighted by Crippen LogP contribution is 2.26. The summed E-state index contributed by atoms with van der Waals surface area (Å²) in [6, 6.07) is 15.0. The Bertz CT molecular complexity index is 1030. The van der Waals surface area contributed by atoms with Crippen molar-refractivity contribution >= 4 is 21.8 Å². The van der Waals surface area contributed by atoms with Crippen molar-refractivity contribution in [1.29, 1.82) is 0 Å². The number of aromatic nitrogens is 3. The van der Waals surface area contributed by atoms with E-state index in [9.17, 15) is 4.79 Å². The summed E-state index contributed by atoms with van der Waals surface area (Å²) in [5.41, 5.74) is 2.01. The lowest BCUT2D eigenvalue weighted by Crippen LogP contribution is -2.20. The fourth-order valence-corrected chi connectivity index (χ4v) is 2.65. The summed E-state index contributed by atoms with van der Waals surface area (Å²) in [6.07, 6.45) is 1.71. The zero-order chi connectivity index (χ0) is 15.1. The Morgan fingerprint density at radius 2 is 1.91 bits per heavy atom. The van der Waals surface area contributed by atoms with Crippen LogP contribution in [0.1, 0.15) is 0 Å². The van der Waals surface area contributed by atoms with Crippen LogP contribution in [-0.2, 0) is 0 Å². The number of benzene rings is 2. The van der Waals surface area contributed by atoms with Gasteiger partial charge in [0.25, 0.3) is 5.56 Å². The van der Waals surface area contributed by atoms with Crippen molar-refractivity contribution in [1.82, 2.24) is 14.8 Å². The summed E-state index contributed by atoms with van der Waals surface area (Å²) in [5, 5.41) is 6.02. The molecule has 0 saturated heterocycles. The van der Waals surface area contributed by atoms with E-state index in [2.05, 4.69) is 10.1 Å². The largest absolute Gasteiger partial charge is 0.497 e. The average molecular weight is 291 g/mol. The summed E-state index contributed by atoms with van der Waals surface area (Å²) < 4.78 is 6.64. The fraction of sp³-hybridized carbons (Fsp3) is 0.0588. The van der Waals surface area contributed by atoms with Crippen LogP contribution < -0.4 is 10.3 Å². The monoisotopic (exact) mass is 291 g/mol. The Morgan fingerprint density at radius 3 is 2.68 bits per heavy atom. The second-order valence-electron chi connectivity index (χ2n) is 5.02. The van der Waals surface area contributed by atoms with Crippen molar-refractivity contribution in [2.75, 3.05) is 7.11 Å². The number of methoxy groups -OCH3 is 1. The molecule has 2 heterocycles. The van der Waals surface area contributed by atoms with Gasteiger partial charge in [-0.2, -0.15) is 9.78 Å². The molecule has 4 aromatic rings. The summed E-state index contributed by atoms with van der Waals surface area (Å²) in [6.45, 7) is 0. The quantitative estimate of drug-likeness (QED) is 0.618. The third kappa shape index (κ3) is 1.79. The number of ether oxygens (including phenoxy) is 1. The molecule has 5 nitrogen and oxygen atoms in total. The van der Waals surface area contributed by atoms with Crippen molar-refractivity contribution in [3.05, 3.63) is 65.1 Å². The predicted molar refractivity (Wildman–Crippen MR) is 85.7 cm³/mol. The lowest BCUT2D eigenvalue weighted by molar-refractivity contribution is 0.415. The van der Waals surface area contributed by atoms with Crippen LogP contribution in [0.3, 0.4) is 0 Å². The molecule has 0 aliphatic rings. The molecule has 0 unspecified atom stereocenters. The number of hydrogen-bond acceptors (Lipinski definition) is 3. The standard InChI is InChI=1S/C17H13N3O2/c1-22-12-7-8-15-13(9-12)14-10-18-20(17(21)16(14)19-15)11-5-3-2-4-6-11/h2-10,19H,1H3. The molecule has 0 saturated carbocycles. The molecule has 0 spiro atoms. The minimum absolute atomic E-state index is 0.168. The number of aromatic amines is 1. The smallest absolute Gasteiger partial charge is 0.295 e. The van der Waals surface area contributed by atoms with Gasteiger partial charge in [0, 0.05) is 16.3 Å². The van der Waals surface area contributed by atoms with Gasteiger partial charge in [-0.15, -0.1) is 0 Å². The van der Waals surface area contributed by atoms with Crippen molar-refractivity contribution in [2.24, 2.45) is 0 Å². The molecule has 0 aliphatic heterocycles. The van der Waals surface area contributed by atoms with Crippen molar-refractivity contribution in [3.63, 3.8) is 0 Å². The summed E-state index contributed by atoms with van der Waals surface area (Å²) in [4.78, 5) is 15.9. The number of nitrogens with one attached hydrogen (secondary N) is 1. The van der Waals surface area contributed by atoms with Gasteiger partial charge in [0.05, 0.1) is 19.0 Å². The molecule has 0 amide bonds. The molecule has 1 N–H and O–H groups in total. The molecule has 0 aliphatic carbocycles. The van der Waals surface area contributed by atoms with Crippen molar-refractivity contribution in [2.45, 2.75) is 0 Å². The van der Waals surface area contributed by atoms with Crippen LogP contribution in [-0.4, -0.2) is 21.9 Å². The van der Waals surface area contributed by atoms with Gasteiger partial charge in [-0.25, -0.2) is 0 Å². The van der Waals surface area contributed by atoms with E-state index in [1.807, 2.05) is 48.5 Å². The van der Waals surface area contributed by atoms with Crippen molar-refractivity contribution < 1.29 is 4.74 Å². The minimum Gasteiger partial charge on any atom is -0.497 e. The zero-order valence-corrected chi connectivity index (χ0v) is 11.9. The van der Waals surface area contributed by atoms with E-state index in [1.54, 1.807) is 13.3 Å². The molecular weight excluding hydrogens is 278 g/mol. The van der Waals surface area contributed by atoms with Gasteiger partial charge in [0.15, 0.2) is 0 Å². The van der Waals surface area contributed by atoms with Crippen LogP contribution in [0.5, 0.6) is 5.75 Å². The van der Waals surface area contributed by atoms with E-state index in [1.165, 1.54) is 4.68 Å². The first kappa shape index (κ1) is 12.6. The number of rotatable bonds is 2. The van der Waals surface area contributed by atoms with Gasteiger partial charge < -0.3 is 9.72 Å². The van der Waals surface area contributed by atoms with Crippen LogP contribution >= 0.6 is 0 Å². The van der Waals surface area contributed by atoms with Crippen LogP contribution in [0.2, 0.25) is 0 Å². The van der Waals surface area contributed by atoms with Gasteiger partial charge in [0.1, 0.15) is 11.3 Å². The number of fused-ring (bicyclic) bond motifs is 3. The Kier molecular flexibility index (Phi) is 2.72. The molecule has 108 valence electrons. The summed E-state index contributed by atoms with van der Waals surface area (Å²) >= 11 is 0. The highest BCUT2D eigenvalue weighted by Gasteiger charge is 2.11. The molecule has 2 aromatic heterocycles. The second-order valence-corrected chi connectivity index (χ2v) is 5.02. The SMILES string of the molecule is COc1ccc2[nH]c3c(=O)n(-c4ccccc4)ncc3c2c1. The zero-order valence-electron chi connectivity index (χ0n) is 11.9. The van der Waals surface area contributed by atoms with Crippen LogP contribution in [0, 0.1) is 0 Å². The summed E-state index contributed by atoms with van der Waals surface area (Å²) in [7, 11) is 1.62. The highest BCUT2D eigenvalue weighted by molar-refractivity contribution is 6.06. The first-order valence-corrected chi connectivity index (χ1v) is 6.91. The minimum atomic E-state index is -0.168. The molecule has 2 aromatic carbocycles. The van der Waals surface area contributed by atoms with E-state index in [0.717, 1.165) is 27.7 Å². The highest BCUT2D eigenvalue weighted by atomic mass is 16.5. The van der Waals surface area contributed by atoms with E-state index in [0.29, 0.717) is 5.52 Å². The van der Waals surface area contributed by atoms with Gasteiger partial charge in [-0.3, -0.25) is 4.79 Å². The van der Waals surface area contributed by atoms with Crippen LogP contribution in [0.25, 0.3) is 27.5 Å². The molecule has 5 heteroatoms. The summed E-state index contributed by atoms with van der Waals surface area (Å²) in [5.74, 6) is 0.751. The van der Waals surface area contributed by atoms with E-state index < -0.39 is 0 Å². The molecule has 0 atom stereocenters. The van der Waals surface area contributed by atoms with E-state index in [-0.39, 0.29) is 5.56 Å². The van der Waals surface area contributed by atoms with Gasteiger partial charge >= 0.3 is 0 Å². The molecule has 0 bridgehead atoms. The van der Waals surface area contributed by atoms with Gasteiger partial charge in [0.2, 0.25) is 0 Å². The van der Waals surface area contributed by atoms with Crippen molar-refractivity contribution in [3.8, 4) is 11.4 Å². The maximum atomic E-state index is 12.7. The number of para-hydroxylation sites is 1. The maximum absolute atomic E-state index is 12.7. The Hall–Kier alpha value is -3.08. The fourth-order valence-electron chi connectivity index (χ4n) is 2.65. The Labute approximate surface area is 125 Å². The van der Waals surface area contributed by atoms with E-state index >= 15 is 0 Å². The predicted octanol–water partition coefficient (Wildman–Crippen LogP) is 2.88. The normalized spacial score (nSPS) is 11.1. The number of nitrogens with zero attached hydrogens (tertiary/aromatic N) is 2. The lowest BCUT2D eigenvalue weighted by Gasteiger charge is -2.03. The maximum Gasteiger partial charge on any atom is 0.295 e. The second kappa shape index (κ2) is 4.73. The number of hydrogen-bond donors (Lipinski definition) is 1. The van der Waals surface area contributed by atoms with Gasteiger partial charge in [-0.1, -0.05) is 18.2 Å². The Balaban J connectivity index is 2.04. The van der Waals surface area contributed by atoms with Crippen LogP contribution in [0.15, 0.2) is 59.5 Å². The van der Waals surface area contributed by atoms with Crippen LogP contribution in [0.4, 0.5) is 0 Å². The van der Waals surface area contributed by atoms with Gasteiger partial charge in [-0.05, 0) is 30.3 Å². The number of H-pyrrole nitrogens is 1.